The van der Waals surface area contributed by atoms with Crippen LogP contribution >= 0.6 is 11.6 Å². The summed E-state index contributed by atoms with van der Waals surface area (Å²) in [6.07, 6.45) is 2.52. The molecule has 3 aromatic rings. The van der Waals surface area contributed by atoms with Gasteiger partial charge in [0.2, 0.25) is 5.91 Å². The van der Waals surface area contributed by atoms with Gasteiger partial charge in [-0.15, -0.1) is 0 Å². The molecule has 0 saturated heterocycles. The fourth-order valence-electron chi connectivity index (χ4n) is 3.72. The van der Waals surface area contributed by atoms with Gasteiger partial charge in [-0.2, -0.15) is 0 Å². The predicted molar refractivity (Wildman–Crippen MR) is 152 cm³/mol. The fourth-order valence-corrected chi connectivity index (χ4v) is 3.88. The van der Waals surface area contributed by atoms with E-state index in [2.05, 4.69) is 15.3 Å². The minimum Gasteiger partial charge on any atom is -0.490 e. The highest BCUT2D eigenvalue weighted by atomic mass is 35.5. The average Bonchev–Trinajstić information content (AvgIpc) is 2.90. The first-order chi connectivity index (χ1) is 18.6. The molecular weight excluding hydrogens is 518 g/mol. The molecular formula is C29H34ClN5O4. The molecule has 1 heterocycles. The molecule has 0 aliphatic carbocycles. The van der Waals surface area contributed by atoms with Gasteiger partial charge in [0.25, 0.3) is 11.7 Å². The Labute approximate surface area is 234 Å². The number of nitrogens with zero attached hydrogens (tertiary/aromatic N) is 4. The molecule has 0 aliphatic rings. The van der Waals surface area contributed by atoms with Gasteiger partial charge in [0.05, 0.1) is 16.4 Å². The lowest BCUT2D eigenvalue weighted by molar-refractivity contribution is -0.124. The Kier molecular flexibility index (Phi) is 10.5. The van der Waals surface area contributed by atoms with E-state index in [1.807, 2.05) is 37.2 Å². The van der Waals surface area contributed by atoms with E-state index in [4.69, 9.17) is 16.3 Å². The number of Topliss-reactive ketones (excluding diaryl/α,β-unsaturated/α-hetero) is 1. The molecule has 0 radical (unpaired) electrons. The molecule has 0 saturated carbocycles. The monoisotopic (exact) mass is 551 g/mol. The Bertz CT molecular complexity index is 1340. The van der Waals surface area contributed by atoms with Gasteiger partial charge in [-0.1, -0.05) is 48.9 Å². The van der Waals surface area contributed by atoms with Crippen LogP contribution in [0.25, 0.3) is 0 Å². The summed E-state index contributed by atoms with van der Waals surface area (Å²) in [5.41, 5.74) is 2.97. The number of carbonyl (C=O) groups is 3. The maximum absolute atomic E-state index is 12.7. The zero-order valence-corrected chi connectivity index (χ0v) is 23.7. The molecule has 206 valence electrons. The van der Waals surface area contributed by atoms with Crippen LogP contribution in [0.4, 0.5) is 5.69 Å². The van der Waals surface area contributed by atoms with Crippen LogP contribution in [0, 0.1) is 0 Å². The van der Waals surface area contributed by atoms with Gasteiger partial charge in [-0.05, 0) is 37.4 Å². The Hall–Kier alpha value is -3.82. The zero-order chi connectivity index (χ0) is 28.5. The Morgan fingerprint density at radius 1 is 1.03 bits per heavy atom. The largest absolute Gasteiger partial charge is 0.490 e. The van der Waals surface area contributed by atoms with Crippen molar-refractivity contribution < 1.29 is 19.1 Å². The van der Waals surface area contributed by atoms with Gasteiger partial charge in [-0.25, -0.2) is 9.97 Å². The first-order valence-corrected chi connectivity index (χ1v) is 13.0. The molecule has 10 heteroatoms. The number of anilines is 1. The molecule has 0 spiro atoms. The third kappa shape index (κ3) is 8.33. The molecule has 1 aromatic heterocycles. The highest BCUT2D eigenvalue weighted by Crippen LogP contribution is 2.28. The van der Waals surface area contributed by atoms with Gasteiger partial charge in [0, 0.05) is 51.7 Å². The molecule has 0 fully saturated rings. The molecule has 0 aliphatic heterocycles. The van der Waals surface area contributed by atoms with Crippen LogP contribution in [0.5, 0.6) is 5.75 Å². The van der Waals surface area contributed by atoms with Gasteiger partial charge >= 0.3 is 0 Å². The van der Waals surface area contributed by atoms with Crippen LogP contribution in [0.1, 0.15) is 46.3 Å². The van der Waals surface area contributed by atoms with Crippen molar-refractivity contribution in [3.8, 4) is 5.75 Å². The van der Waals surface area contributed by atoms with E-state index in [1.54, 1.807) is 31.2 Å². The van der Waals surface area contributed by atoms with Crippen LogP contribution in [-0.2, 0) is 22.4 Å². The van der Waals surface area contributed by atoms with E-state index in [0.29, 0.717) is 58.6 Å². The molecule has 1 N–H and O–H groups in total. The molecule has 0 unspecified atom stereocenters. The summed E-state index contributed by atoms with van der Waals surface area (Å²) in [5, 5.41) is 3.27. The van der Waals surface area contributed by atoms with Crippen molar-refractivity contribution in [2.24, 2.45) is 0 Å². The molecule has 39 heavy (non-hydrogen) atoms. The summed E-state index contributed by atoms with van der Waals surface area (Å²) < 4.78 is 5.90. The minimum atomic E-state index is -0.600. The van der Waals surface area contributed by atoms with Gasteiger partial charge < -0.3 is 19.9 Å². The minimum absolute atomic E-state index is 0.115. The van der Waals surface area contributed by atoms with Gasteiger partial charge in [-0.3, -0.25) is 14.4 Å². The number of carbonyl (C=O) groups excluding carboxylic acids is 3. The van der Waals surface area contributed by atoms with Gasteiger partial charge in [0.15, 0.2) is 0 Å². The first kappa shape index (κ1) is 29.7. The fraction of sp³-hybridized carbons (Fsp3) is 0.345. The van der Waals surface area contributed by atoms with Crippen molar-refractivity contribution >= 4 is 34.9 Å². The van der Waals surface area contributed by atoms with Gasteiger partial charge in [0.1, 0.15) is 18.2 Å². The Morgan fingerprint density at radius 2 is 1.77 bits per heavy atom. The highest BCUT2D eigenvalue weighted by molar-refractivity contribution is 6.43. The van der Waals surface area contributed by atoms with E-state index in [1.165, 1.54) is 25.2 Å². The van der Waals surface area contributed by atoms with Crippen LogP contribution in [0.2, 0.25) is 5.02 Å². The predicted octanol–water partition coefficient (Wildman–Crippen LogP) is 3.87. The number of rotatable bonds is 12. The number of halogens is 1. The van der Waals surface area contributed by atoms with Crippen molar-refractivity contribution in [1.82, 2.24) is 19.8 Å². The van der Waals surface area contributed by atoms with Crippen molar-refractivity contribution in [3.63, 3.8) is 0 Å². The lowest BCUT2D eigenvalue weighted by Gasteiger charge is -2.16. The number of aromatic nitrogens is 2. The summed E-state index contributed by atoms with van der Waals surface area (Å²) in [7, 11) is 7.01. The van der Waals surface area contributed by atoms with E-state index in [9.17, 15) is 14.4 Å². The summed E-state index contributed by atoms with van der Waals surface area (Å²) in [6.45, 7) is 3.01. The van der Waals surface area contributed by atoms with Crippen LogP contribution in [0.15, 0.2) is 48.7 Å². The molecule has 9 nitrogen and oxygen atoms in total. The zero-order valence-electron chi connectivity index (χ0n) is 23.0. The second kappa shape index (κ2) is 13.8. The average molecular weight is 552 g/mol. The third-order valence-electron chi connectivity index (χ3n) is 5.88. The number of hydrogen-bond acceptors (Lipinski definition) is 7. The van der Waals surface area contributed by atoms with E-state index >= 15 is 0 Å². The number of nitrogens with one attached hydrogen (secondary N) is 1. The summed E-state index contributed by atoms with van der Waals surface area (Å²) in [6, 6.07) is 12.5. The number of likely N-dealkylation sites (N-methyl/N-ethyl adjacent to an activating group) is 2. The number of ketones is 1. The third-order valence-corrected chi connectivity index (χ3v) is 6.20. The lowest BCUT2D eigenvalue weighted by Crippen LogP contribution is -2.30. The second-order valence-electron chi connectivity index (χ2n) is 9.50. The van der Waals surface area contributed by atoms with Crippen molar-refractivity contribution in [2.45, 2.75) is 26.2 Å². The molecule has 2 amide bonds. The number of hydrogen-bond donors (Lipinski definition) is 1. The smallest absolute Gasteiger partial charge is 0.294 e. The SMILES string of the molecule is CCC(=O)Nc1cc(Cc2ncc(Cl)c(Cc3ccccc3C(=O)C(=O)N(C)C)n2)ccc1OCCN(C)C. The molecule has 3 rings (SSSR count). The maximum Gasteiger partial charge on any atom is 0.294 e. The molecule has 0 atom stereocenters. The number of benzene rings is 2. The normalized spacial score (nSPS) is 10.8. The molecule has 0 bridgehead atoms. The molecule has 2 aromatic carbocycles. The van der Waals surface area contributed by atoms with Crippen molar-refractivity contribution in [2.75, 3.05) is 46.7 Å². The van der Waals surface area contributed by atoms with Crippen molar-refractivity contribution in [3.05, 3.63) is 81.9 Å². The van der Waals surface area contributed by atoms with Crippen LogP contribution in [-0.4, -0.2) is 78.7 Å². The van der Waals surface area contributed by atoms with E-state index in [-0.39, 0.29) is 12.3 Å². The summed E-state index contributed by atoms with van der Waals surface area (Å²) in [4.78, 5) is 49.5. The van der Waals surface area contributed by atoms with E-state index in [0.717, 1.165) is 12.1 Å². The second-order valence-corrected chi connectivity index (χ2v) is 9.91. The number of ether oxygens (including phenoxy) is 1. The highest BCUT2D eigenvalue weighted by Gasteiger charge is 2.22. The summed E-state index contributed by atoms with van der Waals surface area (Å²) in [5.74, 6) is -0.187. The maximum atomic E-state index is 12.7. The van der Waals surface area contributed by atoms with Crippen LogP contribution < -0.4 is 10.1 Å². The van der Waals surface area contributed by atoms with Crippen molar-refractivity contribution in [1.29, 1.82) is 0 Å². The number of amides is 2. The quantitative estimate of drug-likeness (QED) is 0.269. The van der Waals surface area contributed by atoms with E-state index < -0.39 is 11.7 Å². The Morgan fingerprint density at radius 3 is 2.46 bits per heavy atom. The standard InChI is InChI=1S/C29H34ClN5O4/c1-6-27(36)33-24-15-19(11-12-25(24)39-14-13-34(2)3)16-26-31-18-22(30)23(32-26)17-20-9-7-8-10-21(20)28(37)29(38)35(4)5/h7-12,15,18H,6,13-14,16-17H2,1-5H3,(H,33,36). The summed E-state index contributed by atoms with van der Waals surface area (Å²) >= 11 is 6.43. The first-order valence-electron chi connectivity index (χ1n) is 12.6. The topological polar surface area (TPSA) is 105 Å². The van der Waals surface area contributed by atoms with Crippen LogP contribution in [0.3, 0.4) is 0 Å². The lowest BCUT2D eigenvalue weighted by atomic mass is 9.99. The Balaban J connectivity index is 1.85.